The molecule has 2 rings (SSSR count). The molecule has 0 spiro atoms. The Balaban J connectivity index is 2.31. The van der Waals surface area contributed by atoms with Gasteiger partial charge in [0.1, 0.15) is 11.7 Å². The van der Waals surface area contributed by atoms with E-state index < -0.39 is 0 Å². The summed E-state index contributed by atoms with van der Waals surface area (Å²) < 4.78 is 2.83. The highest BCUT2D eigenvalue weighted by Gasteiger charge is 2.33. The normalized spacial score (nSPS) is 18.9. The van der Waals surface area contributed by atoms with Crippen LogP contribution in [0.25, 0.3) is 0 Å². The predicted octanol–water partition coefficient (Wildman–Crippen LogP) is 2.57. The highest BCUT2D eigenvalue weighted by atomic mass is 79.9. The van der Waals surface area contributed by atoms with Crippen LogP contribution < -0.4 is 5.32 Å². The van der Waals surface area contributed by atoms with Crippen molar-refractivity contribution in [1.82, 2.24) is 14.8 Å². The molecule has 1 aliphatic heterocycles. The van der Waals surface area contributed by atoms with Crippen LogP contribution in [0.5, 0.6) is 0 Å². The fourth-order valence-corrected chi connectivity index (χ4v) is 3.24. The minimum absolute atomic E-state index is 0.0669. The van der Waals surface area contributed by atoms with Crippen molar-refractivity contribution in [3.63, 3.8) is 0 Å². The van der Waals surface area contributed by atoms with Gasteiger partial charge in [-0.3, -0.25) is 9.59 Å². The summed E-state index contributed by atoms with van der Waals surface area (Å²) in [5, 5.41) is 2.66. The number of aromatic nitrogens is 1. The van der Waals surface area contributed by atoms with Gasteiger partial charge in [-0.05, 0) is 55.1 Å². The van der Waals surface area contributed by atoms with Gasteiger partial charge in [0.25, 0.3) is 5.91 Å². The van der Waals surface area contributed by atoms with Gasteiger partial charge in [0, 0.05) is 30.3 Å². The Kier molecular flexibility index (Phi) is 5.08. The van der Waals surface area contributed by atoms with E-state index in [9.17, 15) is 9.59 Å². The van der Waals surface area contributed by atoms with Gasteiger partial charge in [-0.15, -0.1) is 0 Å². The lowest BCUT2D eigenvalue weighted by molar-refractivity contribution is -0.126. The maximum atomic E-state index is 12.9. The number of carbonyl (C=O) groups excluding carboxylic acids is 2. The lowest BCUT2D eigenvalue weighted by Crippen LogP contribution is -2.51. The first-order valence-corrected chi connectivity index (χ1v) is 8.15. The van der Waals surface area contributed by atoms with Gasteiger partial charge in [0.15, 0.2) is 0 Å². The molecule has 5 nitrogen and oxygen atoms in total. The lowest BCUT2D eigenvalue weighted by Gasteiger charge is -2.34. The molecule has 0 bridgehead atoms. The fourth-order valence-electron chi connectivity index (χ4n) is 2.81. The molecule has 1 fully saturated rings. The number of halogens is 1. The number of piperidine rings is 1. The van der Waals surface area contributed by atoms with E-state index in [2.05, 4.69) is 21.2 Å². The second-order valence-corrected chi connectivity index (χ2v) is 6.58. The molecule has 1 saturated heterocycles. The average Bonchev–Trinajstić information content (AvgIpc) is 2.88. The Labute approximate surface area is 133 Å². The highest BCUT2D eigenvalue weighted by molar-refractivity contribution is 9.10. The van der Waals surface area contributed by atoms with Crippen molar-refractivity contribution in [2.24, 2.45) is 0 Å². The van der Waals surface area contributed by atoms with Crippen molar-refractivity contribution in [3.05, 3.63) is 22.4 Å². The number of likely N-dealkylation sites (tertiary alicyclic amines) is 1. The largest absolute Gasteiger partial charge is 0.357 e. The first-order valence-electron chi connectivity index (χ1n) is 7.35. The number of nitrogens with one attached hydrogen (secondary N) is 1. The number of rotatable bonds is 3. The van der Waals surface area contributed by atoms with Crippen molar-refractivity contribution in [3.8, 4) is 0 Å². The Morgan fingerprint density at radius 1 is 1.38 bits per heavy atom. The molecule has 1 unspecified atom stereocenters. The van der Waals surface area contributed by atoms with E-state index in [0.29, 0.717) is 12.2 Å². The van der Waals surface area contributed by atoms with E-state index in [0.717, 1.165) is 23.7 Å². The molecule has 1 aliphatic rings. The monoisotopic (exact) mass is 355 g/mol. The minimum Gasteiger partial charge on any atom is -0.357 e. The summed E-state index contributed by atoms with van der Waals surface area (Å²) in [5.74, 6) is -0.146. The van der Waals surface area contributed by atoms with E-state index in [4.69, 9.17) is 0 Å². The molecule has 1 aromatic heterocycles. The maximum absolute atomic E-state index is 12.9. The molecule has 0 aliphatic carbocycles. The van der Waals surface area contributed by atoms with Crippen LogP contribution in [-0.2, 0) is 4.79 Å². The quantitative estimate of drug-likeness (QED) is 0.905. The first kappa shape index (κ1) is 16.1. The van der Waals surface area contributed by atoms with Crippen molar-refractivity contribution in [2.75, 3.05) is 13.6 Å². The van der Waals surface area contributed by atoms with Crippen LogP contribution in [0.2, 0.25) is 0 Å². The van der Waals surface area contributed by atoms with Crippen LogP contribution in [0.4, 0.5) is 0 Å². The Bertz CT molecular complexity index is 539. The molecule has 1 atom stereocenters. The number of carbonyl (C=O) groups is 2. The molecule has 1 aromatic rings. The first-order chi connectivity index (χ1) is 9.95. The number of hydrogen-bond donors (Lipinski definition) is 1. The van der Waals surface area contributed by atoms with Gasteiger partial charge >= 0.3 is 0 Å². The second kappa shape index (κ2) is 6.64. The molecular weight excluding hydrogens is 334 g/mol. The van der Waals surface area contributed by atoms with Crippen LogP contribution in [0.15, 0.2) is 16.7 Å². The summed E-state index contributed by atoms with van der Waals surface area (Å²) in [7, 11) is 1.62. The summed E-state index contributed by atoms with van der Waals surface area (Å²) in [6, 6.07) is 1.67. The van der Waals surface area contributed by atoms with Crippen LogP contribution in [0.3, 0.4) is 0 Å². The molecule has 0 saturated carbocycles. The SMILES string of the molecule is CNC(=O)C1CCCCN1C(=O)c1cc(Br)cn1C(C)C. The third kappa shape index (κ3) is 3.31. The molecule has 2 amide bonds. The van der Waals surface area contributed by atoms with Gasteiger partial charge in [-0.25, -0.2) is 0 Å². The van der Waals surface area contributed by atoms with E-state index in [1.807, 2.05) is 30.7 Å². The van der Waals surface area contributed by atoms with Gasteiger partial charge < -0.3 is 14.8 Å². The highest BCUT2D eigenvalue weighted by Crippen LogP contribution is 2.24. The molecule has 116 valence electrons. The van der Waals surface area contributed by atoms with Crippen molar-refractivity contribution in [1.29, 1.82) is 0 Å². The van der Waals surface area contributed by atoms with Crippen molar-refractivity contribution >= 4 is 27.7 Å². The second-order valence-electron chi connectivity index (χ2n) is 5.67. The molecule has 0 radical (unpaired) electrons. The minimum atomic E-state index is -0.356. The summed E-state index contributed by atoms with van der Waals surface area (Å²) in [5.41, 5.74) is 0.632. The zero-order chi connectivity index (χ0) is 15.6. The van der Waals surface area contributed by atoms with Crippen LogP contribution >= 0.6 is 15.9 Å². The third-order valence-electron chi connectivity index (χ3n) is 3.90. The smallest absolute Gasteiger partial charge is 0.271 e. The average molecular weight is 356 g/mol. The summed E-state index contributed by atoms with van der Waals surface area (Å²) in [6.45, 7) is 4.71. The molecule has 6 heteroatoms. The van der Waals surface area contributed by atoms with Gasteiger partial charge in [0.2, 0.25) is 5.91 Å². The van der Waals surface area contributed by atoms with Crippen LogP contribution in [0, 0.1) is 0 Å². The standard InChI is InChI=1S/C15H22BrN3O2/c1-10(2)19-9-11(16)8-13(19)15(21)18-7-5-4-6-12(18)14(20)17-3/h8-10,12H,4-7H2,1-3H3,(H,17,20). The molecule has 1 N–H and O–H groups in total. The van der Waals surface area contributed by atoms with E-state index in [-0.39, 0.29) is 23.9 Å². The summed E-state index contributed by atoms with van der Waals surface area (Å²) in [4.78, 5) is 26.6. The van der Waals surface area contributed by atoms with Crippen LogP contribution in [-0.4, -0.2) is 40.9 Å². The summed E-state index contributed by atoms with van der Waals surface area (Å²) in [6.07, 6.45) is 4.57. The lowest BCUT2D eigenvalue weighted by atomic mass is 10.0. The molecule has 0 aromatic carbocycles. The number of nitrogens with zero attached hydrogens (tertiary/aromatic N) is 2. The molecule has 21 heavy (non-hydrogen) atoms. The van der Waals surface area contributed by atoms with E-state index >= 15 is 0 Å². The zero-order valence-electron chi connectivity index (χ0n) is 12.7. The summed E-state index contributed by atoms with van der Waals surface area (Å²) >= 11 is 3.43. The zero-order valence-corrected chi connectivity index (χ0v) is 14.3. The van der Waals surface area contributed by atoms with Crippen molar-refractivity contribution in [2.45, 2.75) is 45.2 Å². The van der Waals surface area contributed by atoms with E-state index in [1.54, 1.807) is 11.9 Å². The molecule has 2 heterocycles. The topological polar surface area (TPSA) is 54.3 Å². The Morgan fingerprint density at radius 3 is 2.71 bits per heavy atom. The Hall–Kier alpha value is -1.30. The number of hydrogen-bond acceptors (Lipinski definition) is 2. The van der Waals surface area contributed by atoms with Crippen LogP contribution in [0.1, 0.15) is 49.6 Å². The molecular formula is C15H22BrN3O2. The van der Waals surface area contributed by atoms with Gasteiger partial charge in [0.05, 0.1) is 0 Å². The Morgan fingerprint density at radius 2 is 2.10 bits per heavy atom. The third-order valence-corrected chi connectivity index (χ3v) is 4.34. The number of likely N-dealkylation sites (N-methyl/N-ethyl adjacent to an activating group) is 1. The fraction of sp³-hybridized carbons (Fsp3) is 0.600. The van der Waals surface area contributed by atoms with Gasteiger partial charge in [-0.1, -0.05) is 0 Å². The van der Waals surface area contributed by atoms with Gasteiger partial charge in [-0.2, -0.15) is 0 Å². The number of amides is 2. The predicted molar refractivity (Wildman–Crippen MR) is 85.3 cm³/mol. The van der Waals surface area contributed by atoms with E-state index in [1.165, 1.54) is 0 Å². The van der Waals surface area contributed by atoms with Crippen molar-refractivity contribution < 1.29 is 9.59 Å². The maximum Gasteiger partial charge on any atom is 0.271 e.